The van der Waals surface area contributed by atoms with Crippen molar-refractivity contribution >= 4 is 40.1 Å². The minimum absolute atomic E-state index is 0.0473. The van der Waals surface area contributed by atoms with E-state index in [-0.39, 0.29) is 28.7 Å². The van der Waals surface area contributed by atoms with Gasteiger partial charge in [-0.25, -0.2) is 9.18 Å². The number of carbonyl (C=O) groups is 2. The number of halogens is 1. The number of Topliss-reactive ketones (excluding diaryl/α,β-unsaturated/α-hetero) is 1. The molecule has 5 rings (SSSR count). The number of carboxylic acids is 1. The zero-order valence-corrected chi connectivity index (χ0v) is 18.6. The molecule has 1 unspecified atom stereocenters. The van der Waals surface area contributed by atoms with E-state index in [0.29, 0.717) is 48.1 Å². The third-order valence-electron chi connectivity index (χ3n) is 6.12. The number of aromatic nitrogens is 2. The summed E-state index contributed by atoms with van der Waals surface area (Å²) in [5.74, 6) is -1.92. The summed E-state index contributed by atoms with van der Waals surface area (Å²) in [6.07, 6.45) is 1.59. The predicted molar refractivity (Wildman–Crippen MR) is 123 cm³/mol. The fourth-order valence-electron chi connectivity index (χ4n) is 4.43. The third-order valence-corrected chi connectivity index (χ3v) is 7.30. The third kappa shape index (κ3) is 3.68. The fraction of sp³-hybridized carbons (Fsp3) is 0.304. The number of carboxylic acid groups (broad SMARTS) is 1. The van der Waals surface area contributed by atoms with Gasteiger partial charge >= 0.3 is 5.97 Å². The van der Waals surface area contributed by atoms with E-state index in [1.54, 1.807) is 35.0 Å². The molecular formula is C23H21FN4O4S. The summed E-state index contributed by atoms with van der Waals surface area (Å²) in [5, 5.41) is 9.91. The first-order chi connectivity index (χ1) is 15.8. The maximum atomic E-state index is 15.1. The molecule has 0 saturated carbocycles. The van der Waals surface area contributed by atoms with Gasteiger partial charge in [0.2, 0.25) is 5.43 Å². The number of carbonyl (C=O) groups excluding carboxylic acids is 1. The van der Waals surface area contributed by atoms with Crippen LogP contribution in [-0.4, -0.2) is 64.0 Å². The first-order valence-corrected chi connectivity index (χ1v) is 11.5. The Morgan fingerprint density at radius 2 is 1.97 bits per heavy atom. The second-order valence-electron chi connectivity index (χ2n) is 8.12. The Bertz CT molecular complexity index is 1340. The van der Waals surface area contributed by atoms with Crippen LogP contribution in [0.25, 0.3) is 10.9 Å². The van der Waals surface area contributed by atoms with E-state index in [9.17, 15) is 19.5 Å². The quantitative estimate of drug-likeness (QED) is 0.571. The molecule has 2 aliphatic rings. The number of fused-ring (bicyclic) bond motifs is 3. The van der Waals surface area contributed by atoms with Crippen molar-refractivity contribution in [1.82, 2.24) is 14.5 Å². The highest BCUT2D eigenvalue weighted by Crippen LogP contribution is 2.46. The standard InChI is InChI=1S/C23H21FN4O4S/c1-13-28-17-11-18(15(24)10-14(17)21(30)20(23(31)32)22(28)33-13)27-8-6-26(7-9-27)12-19(29)16-4-2-3-5-25-16/h2-5,10-11,13H,6-9,12H2,1H3,(H,31,32). The summed E-state index contributed by atoms with van der Waals surface area (Å²) in [5.41, 5.74) is 0.377. The van der Waals surface area contributed by atoms with E-state index in [1.807, 2.05) is 16.7 Å². The SMILES string of the molecule is CC1Sc2c(C(=O)O)c(=O)c3cc(F)c(N4CCN(CC(=O)c5ccccn5)CC4)cc3n21. The Balaban J connectivity index is 1.40. The van der Waals surface area contributed by atoms with Crippen LogP contribution in [0.5, 0.6) is 0 Å². The van der Waals surface area contributed by atoms with Crippen LogP contribution >= 0.6 is 11.8 Å². The molecule has 0 spiro atoms. The smallest absolute Gasteiger partial charge is 0.342 e. The molecule has 10 heteroatoms. The number of anilines is 1. The summed E-state index contributed by atoms with van der Waals surface area (Å²) >= 11 is 1.32. The molecule has 170 valence electrons. The van der Waals surface area contributed by atoms with Crippen LogP contribution in [0.3, 0.4) is 0 Å². The van der Waals surface area contributed by atoms with E-state index in [2.05, 4.69) is 4.98 Å². The molecule has 1 fully saturated rings. The number of rotatable bonds is 5. The van der Waals surface area contributed by atoms with E-state index in [0.717, 1.165) is 6.07 Å². The van der Waals surface area contributed by atoms with Crippen LogP contribution in [0, 0.1) is 5.82 Å². The Labute approximate surface area is 192 Å². The highest BCUT2D eigenvalue weighted by molar-refractivity contribution is 8.00. The molecule has 1 saturated heterocycles. The highest BCUT2D eigenvalue weighted by Gasteiger charge is 2.33. The second-order valence-corrected chi connectivity index (χ2v) is 9.43. The van der Waals surface area contributed by atoms with Gasteiger partial charge in [-0.15, -0.1) is 0 Å². The van der Waals surface area contributed by atoms with Crippen LogP contribution in [0.2, 0.25) is 0 Å². The van der Waals surface area contributed by atoms with Gasteiger partial charge in [0.05, 0.1) is 28.1 Å². The molecule has 1 atom stereocenters. The van der Waals surface area contributed by atoms with Gasteiger partial charge in [-0.05, 0) is 31.2 Å². The largest absolute Gasteiger partial charge is 0.477 e. The average molecular weight is 469 g/mol. The monoisotopic (exact) mass is 468 g/mol. The number of piperazine rings is 1. The van der Waals surface area contributed by atoms with Crippen LogP contribution in [0.1, 0.15) is 33.1 Å². The van der Waals surface area contributed by atoms with Crippen molar-refractivity contribution in [3.63, 3.8) is 0 Å². The molecule has 3 aromatic rings. The van der Waals surface area contributed by atoms with Crippen molar-refractivity contribution < 1.29 is 19.1 Å². The molecule has 8 nitrogen and oxygen atoms in total. The van der Waals surface area contributed by atoms with Gasteiger partial charge in [0.25, 0.3) is 0 Å². The number of nitrogens with zero attached hydrogens (tertiary/aromatic N) is 4. The maximum Gasteiger partial charge on any atom is 0.342 e. The summed E-state index contributed by atoms with van der Waals surface area (Å²) < 4.78 is 16.9. The molecule has 0 radical (unpaired) electrons. The summed E-state index contributed by atoms with van der Waals surface area (Å²) in [7, 11) is 0. The molecule has 33 heavy (non-hydrogen) atoms. The van der Waals surface area contributed by atoms with E-state index >= 15 is 4.39 Å². The van der Waals surface area contributed by atoms with Gasteiger partial charge in [0, 0.05) is 37.8 Å². The number of benzene rings is 1. The maximum absolute atomic E-state index is 15.1. The Hall–Kier alpha value is -3.24. The summed E-state index contributed by atoms with van der Waals surface area (Å²) in [4.78, 5) is 44.8. The minimum Gasteiger partial charge on any atom is -0.477 e. The lowest BCUT2D eigenvalue weighted by molar-refractivity contribution is 0.0689. The number of hydrogen-bond donors (Lipinski definition) is 1. The summed E-state index contributed by atoms with van der Waals surface area (Å²) in [6.45, 7) is 4.37. The van der Waals surface area contributed by atoms with Crippen molar-refractivity contribution in [3.8, 4) is 0 Å². The normalized spacial score (nSPS) is 18.1. The molecule has 2 aromatic heterocycles. The minimum atomic E-state index is -1.30. The fourth-order valence-corrected chi connectivity index (χ4v) is 5.58. The van der Waals surface area contributed by atoms with Crippen LogP contribution < -0.4 is 10.3 Å². The van der Waals surface area contributed by atoms with Gasteiger partial charge in [0.1, 0.15) is 17.1 Å². The first-order valence-electron chi connectivity index (χ1n) is 10.6. The number of ketones is 1. The molecule has 0 amide bonds. The number of aromatic carboxylic acids is 1. The van der Waals surface area contributed by atoms with Crippen LogP contribution in [0.4, 0.5) is 10.1 Å². The lowest BCUT2D eigenvalue weighted by atomic mass is 10.1. The van der Waals surface area contributed by atoms with Crippen molar-refractivity contribution in [2.45, 2.75) is 17.3 Å². The van der Waals surface area contributed by atoms with Crippen molar-refractivity contribution in [1.29, 1.82) is 0 Å². The van der Waals surface area contributed by atoms with E-state index in [1.165, 1.54) is 11.8 Å². The molecule has 2 aliphatic heterocycles. The average Bonchev–Trinajstić information content (AvgIpc) is 2.80. The molecule has 1 N–H and O–H groups in total. The van der Waals surface area contributed by atoms with Crippen molar-refractivity contribution in [2.24, 2.45) is 0 Å². The lowest BCUT2D eigenvalue weighted by Gasteiger charge is -2.37. The Kier molecular flexibility index (Phi) is 5.41. The topological polar surface area (TPSA) is 95.7 Å². The van der Waals surface area contributed by atoms with Gasteiger partial charge in [-0.3, -0.25) is 19.5 Å². The van der Waals surface area contributed by atoms with Crippen LogP contribution in [0.15, 0.2) is 46.3 Å². The molecule has 1 aromatic carbocycles. The predicted octanol–water partition coefficient (Wildman–Crippen LogP) is 2.86. The molecule has 4 heterocycles. The van der Waals surface area contributed by atoms with E-state index < -0.39 is 17.2 Å². The molecule has 0 aliphatic carbocycles. The number of pyridine rings is 2. The van der Waals surface area contributed by atoms with Gasteiger partial charge < -0.3 is 14.6 Å². The van der Waals surface area contributed by atoms with Crippen LogP contribution in [-0.2, 0) is 0 Å². The van der Waals surface area contributed by atoms with E-state index in [4.69, 9.17) is 0 Å². The van der Waals surface area contributed by atoms with Crippen molar-refractivity contribution in [3.05, 3.63) is 63.8 Å². The number of thioether (sulfide) groups is 1. The second kappa shape index (κ2) is 8.27. The number of hydrogen-bond acceptors (Lipinski definition) is 7. The molecule has 0 bridgehead atoms. The summed E-state index contributed by atoms with van der Waals surface area (Å²) in [6, 6.07) is 8.03. The van der Waals surface area contributed by atoms with Gasteiger partial charge in [0.15, 0.2) is 5.78 Å². The van der Waals surface area contributed by atoms with Gasteiger partial charge in [-0.2, -0.15) is 0 Å². The first kappa shape index (κ1) is 21.6. The Morgan fingerprint density at radius 3 is 2.61 bits per heavy atom. The zero-order valence-electron chi connectivity index (χ0n) is 17.8. The molecular weight excluding hydrogens is 447 g/mol. The Morgan fingerprint density at radius 1 is 1.21 bits per heavy atom. The van der Waals surface area contributed by atoms with Gasteiger partial charge in [-0.1, -0.05) is 17.8 Å². The lowest BCUT2D eigenvalue weighted by Crippen LogP contribution is -2.48. The zero-order chi connectivity index (χ0) is 23.3. The highest BCUT2D eigenvalue weighted by atomic mass is 32.2. The van der Waals surface area contributed by atoms with Crippen molar-refractivity contribution in [2.75, 3.05) is 37.6 Å².